The first kappa shape index (κ1) is 18.3. The van der Waals surface area contributed by atoms with E-state index in [4.69, 9.17) is 0 Å². The number of benzene rings is 1. The molecule has 8 heteroatoms. The summed E-state index contributed by atoms with van der Waals surface area (Å²) in [5, 5.41) is 8.89. The Balaban J connectivity index is 2.04. The molecular weight excluding hydrogens is 328 g/mol. The third kappa shape index (κ3) is 5.23. The van der Waals surface area contributed by atoms with Crippen LogP contribution in [0.5, 0.6) is 0 Å². The molecule has 7 nitrogen and oxygen atoms in total. The molecule has 1 aromatic rings. The molecule has 1 amide bonds. The number of nitrogens with zero attached hydrogens (tertiary/aromatic N) is 1. The minimum absolute atomic E-state index is 0.106. The van der Waals surface area contributed by atoms with E-state index in [1.165, 1.54) is 0 Å². The number of sulfone groups is 1. The topological polar surface area (TPSA) is 99.7 Å². The van der Waals surface area contributed by atoms with Crippen molar-refractivity contribution in [2.75, 3.05) is 25.1 Å². The van der Waals surface area contributed by atoms with Crippen molar-refractivity contribution >= 4 is 21.7 Å². The first-order valence-corrected chi connectivity index (χ1v) is 9.82. The Bertz CT molecular complexity index is 716. The summed E-state index contributed by atoms with van der Waals surface area (Å²) in [6.07, 6.45) is 0.596. The van der Waals surface area contributed by atoms with Crippen LogP contribution in [0.25, 0.3) is 0 Å². The van der Waals surface area contributed by atoms with Crippen LogP contribution in [-0.2, 0) is 16.4 Å². The standard InChI is InChI=1S/C16H24N4O3S/c1-3-18-16(20-14-7-8-24(22,23)11-14)19-10-12-5-4-6-13(9-12)15(21)17-2/h4-6,9,14H,3,7-8,10-11H2,1-2H3,(H,17,21)(H2,18,19,20). The highest BCUT2D eigenvalue weighted by atomic mass is 32.2. The summed E-state index contributed by atoms with van der Waals surface area (Å²) in [6.45, 7) is 3.04. The molecule has 3 N–H and O–H groups in total. The predicted octanol–water partition coefficient (Wildman–Crippen LogP) is 0.288. The Kier molecular flexibility index (Phi) is 6.19. The average molecular weight is 352 g/mol. The number of rotatable bonds is 5. The van der Waals surface area contributed by atoms with E-state index in [0.717, 1.165) is 5.56 Å². The average Bonchev–Trinajstić information content (AvgIpc) is 2.91. The Morgan fingerprint density at radius 2 is 2.17 bits per heavy atom. The van der Waals surface area contributed by atoms with Crippen LogP contribution in [0, 0.1) is 0 Å². The third-order valence-corrected chi connectivity index (χ3v) is 5.52. The maximum absolute atomic E-state index is 11.7. The number of hydrogen-bond acceptors (Lipinski definition) is 4. The van der Waals surface area contributed by atoms with Gasteiger partial charge in [-0.15, -0.1) is 0 Å². The van der Waals surface area contributed by atoms with E-state index in [0.29, 0.717) is 31.0 Å². The van der Waals surface area contributed by atoms with Gasteiger partial charge in [0.1, 0.15) is 0 Å². The van der Waals surface area contributed by atoms with Crippen molar-refractivity contribution in [3.8, 4) is 0 Å². The molecular formula is C16H24N4O3S. The maximum Gasteiger partial charge on any atom is 0.251 e. The van der Waals surface area contributed by atoms with Crippen molar-refractivity contribution in [2.24, 2.45) is 4.99 Å². The van der Waals surface area contributed by atoms with E-state index in [9.17, 15) is 13.2 Å². The lowest BCUT2D eigenvalue weighted by Crippen LogP contribution is -2.44. The molecule has 1 aliphatic rings. The summed E-state index contributed by atoms with van der Waals surface area (Å²) in [5.41, 5.74) is 1.50. The lowest BCUT2D eigenvalue weighted by atomic mass is 10.1. The monoisotopic (exact) mass is 352 g/mol. The molecule has 0 spiro atoms. The minimum Gasteiger partial charge on any atom is -0.357 e. The van der Waals surface area contributed by atoms with Gasteiger partial charge in [-0.1, -0.05) is 12.1 Å². The van der Waals surface area contributed by atoms with Crippen LogP contribution in [0.2, 0.25) is 0 Å². The normalized spacial score (nSPS) is 19.8. The highest BCUT2D eigenvalue weighted by Gasteiger charge is 2.28. The Labute approximate surface area is 142 Å². The molecule has 0 aromatic heterocycles. The van der Waals surface area contributed by atoms with Crippen LogP contribution < -0.4 is 16.0 Å². The molecule has 24 heavy (non-hydrogen) atoms. The molecule has 1 atom stereocenters. The van der Waals surface area contributed by atoms with Crippen LogP contribution in [0.15, 0.2) is 29.3 Å². The lowest BCUT2D eigenvalue weighted by molar-refractivity contribution is 0.0963. The smallest absolute Gasteiger partial charge is 0.251 e. The molecule has 1 unspecified atom stereocenters. The van der Waals surface area contributed by atoms with Crippen molar-refractivity contribution in [1.82, 2.24) is 16.0 Å². The van der Waals surface area contributed by atoms with Gasteiger partial charge in [-0.05, 0) is 31.0 Å². The molecule has 0 bridgehead atoms. The quantitative estimate of drug-likeness (QED) is 0.522. The van der Waals surface area contributed by atoms with E-state index >= 15 is 0 Å². The van der Waals surface area contributed by atoms with Crippen LogP contribution in [0.1, 0.15) is 29.3 Å². The van der Waals surface area contributed by atoms with Gasteiger partial charge in [0.2, 0.25) is 0 Å². The third-order valence-electron chi connectivity index (χ3n) is 3.75. The van der Waals surface area contributed by atoms with Crippen LogP contribution >= 0.6 is 0 Å². The van der Waals surface area contributed by atoms with Gasteiger partial charge in [-0.3, -0.25) is 4.79 Å². The first-order valence-electron chi connectivity index (χ1n) is 8.00. The predicted molar refractivity (Wildman–Crippen MR) is 94.8 cm³/mol. The largest absolute Gasteiger partial charge is 0.357 e. The Hall–Kier alpha value is -2.09. The molecule has 1 saturated heterocycles. The van der Waals surface area contributed by atoms with Crippen molar-refractivity contribution in [3.63, 3.8) is 0 Å². The Morgan fingerprint density at radius 1 is 1.38 bits per heavy atom. The molecule has 132 valence electrons. The molecule has 0 aliphatic carbocycles. The second-order valence-electron chi connectivity index (χ2n) is 5.72. The lowest BCUT2D eigenvalue weighted by Gasteiger charge is -2.15. The summed E-state index contributed by atoms with van der Waals surface area (Å²) >= 11 is 0. The van der Waals surface area contributed by atoms with E-state index in [-0.39, 0.29) is 23.5 Å². The van der Waals surface area contributed by atoms with Crippen molar-refractivity contribution in [1.29, 1.82) is 0 Å². The van der Waals surface area contributed by atoms with Crippen LogP contribution in [-0.4, -0.2) is 51.4 Å². The number of carbonyl (C=O) groups excluding carboxylic acids is 1. The van der Waals surface area contributed by atoms with E-state index in [1.807, 2.05) is 19.1 Å². The van der Waals surface area contributed by atoms with E-state index in [1.54, 1.807) is 19.2 Å². The zero-order valence-electron chi connectivity index (χ0n) is 14.0. The van der Waals surface area contributed by atoms with Crippen LogP contribution in [0.3, 0.4) is 0 Å². The fourth-order valence-electron chi connectivity index (χ4n) is 2.55. The van der Waals surface area contributed by atoms with Crippen molar-refractivity contribution < 1.29 is 13.2 Å². The van der Waals surface area contributed by atoms with Gasteiger partial charge < -0.3 is 16.0 Å². The minimum atomic E-state index is -2.93. The number of guanidine groups is 1. The van der Waals surface area contributed by atoms with Gasteiger partial charge in [0.05, 0.1) is 18.1 Å². The van der Waals surface area contributed by atoms with Gasteiger partial charge in [0.15, 0.2) is 15.8 Å². The molecule has 2 rings (SSSR count). The molecule has 0 saturated carbocycles. The van der Waals surface area contributed by atoms with Gasteiger partial charge in [0, 0.05) is 25.2 Å². The van der Waals surface area contributed by atoms with Crippen molar-refractivity contribution in [3.05, 3.63) is 35.4 Å². The summed E-state index contributed by atoms with van der Waals surface area (Å²) in [4.78, 5) is 16.2. The number of nitrogens with one attached hydrogen (secondary N) is 3. The van der Waals surface area contributed by atoms with Gasteiger partial charge in [-0.25, -0.2) is 13.4 Å². The highest BCUT2D eigenvalue weighted by Crippen LogP contribution is 2.11. The number of aliphatic imine (C=N–C) groups is 1. The highest BCUT2D eigenvalue weighted by molar-refractivity contribution is 7.91. The molecule has 1 heterocycles. The molecule has 1 aromatic carbocycles. The summed E-state index contributed by atoms with van der Waals surface area (Å²) in [6, 6.07) is 7.16. The van der Waals surface area contributed by atoms with Gasteiger partial charge in [-0.2, -0.15) is 0 Å². The molecule has 1 fully saturated rings. The van der Waals surface area contributed by atoms with Gasteiger partial charge >= 0.3 is 0 Å². The number of carbonyl (C=O) groups is 1. The summed E-state index contributed by atoms with van der Waals surface area (Å²) < 4.78 is 23.1. The zero-order chi connectivity index (χ0) is 17.6. The van der Waals surface area contributed by atoms with Crippen molar-refractivity contribution in [2.45, 2.75) is 25.9 Å². The maximum atomic E-state index is 11.7. The van der Waals surface area contributed by atoms with Gasteiger partial charge in [0.25, 0.3) is 5.91 Å². The fraction of sp³-hybridized carbons (Fsp3) is 0.500. The molecule has 0 radical (unpaired) electrons. The fourth-order valence-corrected chi connectivity index (χ4v) is 4.22. The SMILES string of the molecule is CCNC(=NCc1cccc(C(=O)NC)c1)NC1CCS(=O)(=O)C1. The second kappa shape index (κ2) is 8.14. The Morgan fingerprint density at radius 3 is 2.79 bits per heavy atom. The zero-order valence-corrected chi connectivity index (χ0v) is 14.8. The van der Waals surface area contributed by atoms with Crippen LogP contribution in [0.4, 0.5) is 0 Å². The number of hydrogen-bond donors (Lipinski definition) is 3. The summed E-state index contributed by atoms with van der Waals surface area (Å²) in [7, 11) is -1.34. The number of amides is 1. The summed E-state index contributed by atoms with van der Waals surface area (Å²) in [5.74, 6) is 0.814. The van der Waals surface area contributed by atoms with E-state index < -0.39 is 9.84 Å². The molecule has 1 aliphatic heterocycles. The first-order chi connectivity index (χ1) is 11.4. The second-order valence-corrected chi connectivity index (χ2v) is 7.95. The van der Waals surface area contributed by atoms with E-state index in [2.05, 4.69) is 20.9 Å².